The number of aryl methyl sites for hydroxylation is 1. The molecule has 3 rings (SSSR count). The van der Waals surface area contributed by atoms with Gasteiger partial charge in [-0.25, -0.2) is 4.98 Å². The van der Waals surface area contributed by atoms with Gasteiger partial charge < -0.3 is 5.32 Å². The van der Waals surface area contributed by atoms with E-state index in [1.54, 1.807) is 11.3 Å². The zero-order chi connectivity index (χ0) is 15.2. The van der Waals surface area contributed by atoms with Crippen LogP contribution in [0.3, 0.4) is 0 Å². The van der Waals surface area contributed by atoms with Crippen molar-refractivity contribution in [3.8, 4) is 0 Å². The van der Waals surface area contributed by atoms with Gasteiger partial charge >= 0.3 is 0 Å². The number of rotatable bonds is 6. The van der Waals surface area contributed by atoms with E-state index in [-0.39, 0.29) is 5.91 Å². The average molecular weight is 316 g/mol. The van der Waals surface area contributed by atoms with Crippen LogP contribution in [0.5, 0.6) is 0 Å². The number of aromatic nitrogens is 1. The van der Waals surface area contributed by atoms with Gasteiger partial charge in [-0.3, -0.25) is 4.79 Å². The number of para-hydroxylation sites is 1. The molecule has 1 aromatic heterocycles. The molecule has 1 saturated carbocycles. The summed E-state index contributed by atoms with van der Waals surface area (Å²) in [6.45, 7) is 0.765. The molecule has 1 amide bonds. The van der Waals surface area contributed by atoms with Crippen molar-refractivity contribution in [2.24, 2.45) is 5.92 Å². The Bertz CT molecular complexity index is 583. The summed E-state index contributed by atoms with van der Waals surface area (Å²) >= 11 is 1.76. The molecule has 0 atom stereocenters. The van der Waals surface area contributed by atoms with E-state index in [9.17, 15) is 4.79 Å². The Labute approximate surface area is 136 Å². The maximum Gasteiger partial charge on any atom is 0.220 e. The van der Waals surface area contributed by atoms with Crippen molar-refractivity contribution in [2.45, 2.75) is 51.4 Å². The molecule has 0 bridgehead atoms. The number of thiazole rings is 1. The third kappa shape index (κ3) is 4.29. The maximum absolute atomic E-state index is 11.9. The van der Waals surface area contributed by atoms with E-state index in [1.807, 2.05) is 6.07 Å². The molecule has 2 aromatic rings. The van der Waals surface area contributed by atoms with E-state index in [1.165, 1.54) is 41.8 Å². The fourth-order valence-corrected chi connectivity index (χ4v) is 4.23. The number of nitrogens with one attached hydrogen (secondary N) is 1. The van der Waals surface area contributed by atoms with Crippen LogP contribution in [0.4, 0.5) is 0 Å². The smallest absolute Gasteiger partial charge is 0.220 e. The van der Waals surface area contributed by atoms with Crippen LogP contribution in [-0.4, -0.2) is 17.4 Å². The van der Waals surface area contributed by atoms with Gasteiger partial charge in [-0.1, -0.05) is 31.4 Å². The fraction of sp³-hybridized carbons (Fsp3) is 0.556. The Balaban J connectivity index is 1.36. The number of hydrogen-bond acceptors (Lipinski definition) is 3. The van der Waals surface area contributed by atoms with Gasteiger partial charge in [-0.2, -0.15) is 0 Å². The molecule has 0 saturated heterocycles. The van der Waals surface area contributed by atoms with Crippen LogP contribution in [0.25, 0.3) is 10.2 Å². The molecule has 4 heteroatoms. The monoisotopic (exact) mass is 316 g/mol. The summed E-state index contributed by atoms with van der Waals surface area (Å²) in [7, 11) is 0. The molecule has 1 N–H and O–H groups in total. The molecule has 1 aliphatic carbocycles. The standard InChI is InChI=1S/C18H24N2OS/c21-17(13-14-7-2-1-3-8-14)19-12-6-11-18-20-15-9-4-5-10-16(15)22-18/h4-5,9-10,14H,1-3,6-8,11-13H2,(H,19,21). The number of fused-ring (bicyclic) bond motifs is 1. The number of amides is 1. The van der Waals surface area contributed by atoms with Crippen molar-refractivity contribution in [3.63, 3.8) is 0 Å². The molecule has 0 spiro atoms. The lowest BCUT2D eigenvalue weighted by Gasteiger charge is -2.20. The van der Waals surface area contributed by atoms with Crippen LogP contribution in [0, 0.1) is 5.92 Å². The highest BCUT2D eigenvalue weighted by Gasteiger charge is 2.16. The van der Waals surface area contributed by atoms with Crippen LogP contribution in [-0.2, 0) is 11.2 Å². The van der Waals surface area contributed by atoms with Crippen molar-refractivity contribution in [1.29, 1.82) is 0 Å². The summed E-state index contributed by atoms with van der Waals surface area (Å²) in [6, 6.07) is 8.25. The predicted molar refractivity (Wildman–Crippen MR) is 92.1 cm³/mol. The van der Waals surface area contributed by atoms with E-state index in [0.717, 1.165) is 31.3 Å². The highest BCUT2D eigenvalue weighted by molar-refractivity contribution is 7.18. The second-order valence-electron chi connectivity index (χ2n) is 6.24. The molecular formula is C18H24N2OS. The molecule has 1 heterocycles. The molecule has 1 aliphatic rings. The number of hydrogen-bond donors (Lipinski definition) is 1. The Morgan fingerprint density at radius 2 is 2.05 bits per heavy atom. The third-order valence-corrected chi connectivity index (χ3v) is 5.52. The summed E-state index contributed by atoms with van der Waals surface area (Å²) in [5, 5.41) is 4.24. The number of nitrogens with zero attached hydrogens (tertiary/aromatic N) is 1. The average Bonchev–Trinajstić information content (AvgIpc) is 2.95. The van der Waals surface area contributed by atoms with Crippen LogP contribution in [0.2, 0.25) is 0 Å². The first-order valence-corrected chi connectivity index (χ1v) is 9.24. The van der Waals surface area contributed by atoms with Crippen molar-refractivity contribution in [2.75, 3.05) is 6.54 Å². The van der Waals surface area contributed by atoms with Crippen LogP contribution < -0.4 is 5.32 Å². The SMILES string of the molecule is O=C(CC1CCCCC1)NCCCc1nc2ccccc2s1. The van der Waals surface area contributed by atoms with E-state index in [2.05, 4.69) is 28.5 Å². The minimum atomic E-state index is 0.233. The van der Waals surface area contributed by atoms with Gasteiger partial charge in [0.25, 0.3) is 0 Å². The highest BCUT2D eigenvalue weighted by Crippen LogP contribution is 2.26. The Morgan fingerprint density at radius 3 is 2.86 bits per heavy atom. The molecule has 1 aromatic carbocycles. The topological polar surface area (TPSA) is 42.0 Å². The van der Waals surface area contributed by atoms with Crippen molar-refractivity contribution >= 4 is 27.5 Å². The molecule has 0 unspecified atom stereocenters. The van der Waals surface area contributed by atoms with Gasteiger partial charge in [-0.15, -0.1) is 11.3 Å². The molecule has 1 fully saturated rings. The van der Waals surface area contributed by atoms with E-state index >= 15 is 0 Å². The molecule has 3 nitrogen and oxygen atoms in total. The minimum absolute atomic E-state index is 0.233. The predicted octanol–water partition coefficient (Wildman–Crippen LogP) is 4.32. The maximum atomic E-state index is 11.9. The fourth-order valence-electron chi connectivity index (χ4n) is 3.22. The van der Waals surface area contributed by atoms with Crippen molar-refractivity contribution in [1.82, 2.24) is 10.3 Å². The quantitative estimate of drug-likeness (QED) is 0.807. The zero-order valence-electron chi connectivity index (χ0n) is 13.0. The number of carbonyl (C=O) groups is 1. The molecule has 0 aliphatic heterocycles. The zero-order valence-corrected chi connectivity index (χ0v) is 13.8. The van der Waals surface area contributed by atoms with E-state index in [4.69, 9.17) is 0 Å². The lowest BCUT2D eigenvalue weighted by atomic mass is 9.87. The van der Waals surface area contributed by atoms with Crippen LogP contribution in [0.15, 0.2) is 24.3 Å². The second kappa shape index (κ2) is 7.73. The molecule has 0 radical (unpaired) electrons. The van der Waals surface area contributed by atoms with E-state index < -0.39 is 0 Å². The third-order valence-electron chi connectivity index (χ3n) is 4.43. The van der Waals surface area contributed by atoms with Gasteiger partial charge in [0.15, 0.2) is 0 Å². The van der Waals surface area contributed by atoms with Crippen molar-refractivity contribution in [3.05, 3.63) is 29.3 Å². The Hall–Kier alpha value is -1.42. The summed E-state index contributed by atoms with van der Waals surface area (Å²) in [6.07, 6.45) is 9.06. The normalized spacial score (nSPS) is 16.0. The molecular weight excluding hydrogens is 292 g/mol. The first kappa shape index (κ1) is 15.5. The Kier molecular flexibility index (Phi) is 5.43. The van der Waals surface area contributed by atoms with Gasteiger partial charge in [0.05, 0.1) is 15.2 Å². The van der Waals surface area contributed by atoms with E-state index in [0.29, 0.717) is 5.92 Å². The van der Waals surface area contributed by atoms with Gasteiger partial charge in [0.1, 0.15) is 0 Å². The Morgan fingerprint density at radius 1 is 1.23 bits per heavy atom. The summed E-state index contributed by atoms with van der Waals surface area (Å²) in [5.74, 6) is 0.856. The highest BCUT2D eigenvalue weighted by atomic mass is 32.1. The minimum Gasteiger partial charge on any atom is -0.356 e. The summed E-state index contributed by atoms with van der Waals surface area (Å²) in [5.41, 5.74) is 1.09. The lowest BCUT2D eigenvalue weighted by molar-refractivity contribution is -0.122. The molecule has 118 valence electrons. The number of benzene rings is 1. The van der Waals surface area contributed by atoms with Gasteiger partial charge in [0.2, 0.25) is 5.91 Å². The van der Waals surface area contributed by atoms with Crippen LogP contribution in [0.1, 0.15) is 50.0 Å². The van der Waals surface area contributed by atoms with Gasteiger partial charge in [-0.05, 0) is 37.3 Å². The first-order chi connectivity index (χ1) is 10.8. The summed E-state index contributed by atoms with van der Waals surface area (Å²) in [4.78, 5) is 16.6. The second-order valence-corrected chi connectivity index (χ2v) is 7.35. The first-order valence-electron chi connectivity index (χ1n) is 8.42. The van der Waals surface area contributed by atoms with Gasteiger partial charge in [0, 0.05) is 19.4 Å². The number of carbonyl (C=O) groups excluding carboxylic acids is 1. The van der Waals surface area contributed by atoms with Crippen molar-refractivity contribution < 1.29 is 4.79 Å². The van der Waals surface area contributed by atoms with Crippen LogP contribution >= 0.6 is 11.3 Å². The largest absolute Gasteiger partial charge is 0.356 e. The molecule has 22 heavy (non-hydrogen) atoms. The summed E-state index contributed by atoms with van der Waals surface area (Å²) < 4.78 is 1.25. The lowest BCUT2D eigenvalue weighted by Crippen LogP contribution is -2.27.